The van der Waals surface area contributed by atoms with Crippen molar-refractivity contribution in [2.75, 3.05) is 13.1 Å². The monoisotopic (exact) mass is 216 g/mol. The lowest BCUT2D eigenvalue weighted by Gasteiger charge is -2.38. The van der Waals surface area contributed by atoms with E-state index in [1.807, 2.05) is 0 Å². The molecule has 0 atom stereocenters. The third kappa shape index (κ3) is 2.62. The second kappa shape index (κ2) is 4.82. The smallest absolute Gasteiger partial charge is 0.0954 e. The van der Waals surface area contributed by atoms with Crippen molar-refractivity contribution in [2.45, 2.75) is 56.0 Å². The minimum Gasteiger partial charge on any atom is -0.300 e. The fourth-order valence-corrected chi connectivity index (χ4v) is 2.89. The molecule has 0 N–H and O–H groups in total. The summed E-state index contributed by atoms with van der Waals surface area (Å²) < 4.78 is 0. The number of rotatable bonds is 1. The third-order valence-corrected chi connectivity index (χ3v) is 4.06. The van der Waals surface area contributed by atoms with Gasteiger partial charge in [-0.15, -0.1) is 11.6 Å². The van der Waals surface area contributed by atoms with E-state index in [4.69, 9.17) is 11.6 Å². The van der Waals surface area contributed by atoms with Gasteiger partial charge in [0.2, 0.25) is 0 Å². The van der Waals surface area contributed by atoms with Crippen molar-refractivity contribution in [1.29, 1.82) is 0 Å². The van der Waals surface area contributed by atoms with Gasteiger partial charge in [0.05, 0.1) is 6.10 Å². The molecule has 1 saturated heterocycles. The van der Waals surface area contributed by atoms with E-state index in [1.165, 1.54) is 12.8 Å². The maximum Gasteiger partial charge on any atom is 0.0954 e. The average molecular weight is 217 g/mol. The van der Waals surface area contributed by atoms with E-state index < -0.39 is 0 Å². The second-order valence-corrected chi connectivity index (χ2v) is 5.26. The van der Waals surface area contributed by atoms with E-state index >= 15 is 0 Å². The Balaban J connectivity index is 1.78. The summed E-state index contributed by atoms with van der Waals surface area (Å²) in [6.45, 7) is 2.04. The maximum absolute atomic E-state index is 11.2. The molecule has 0 aromatic carbocycles. The highest BCUT2D eigenvalue weighted by Gasteiger charge is 2.27. The number of likely N-dealkylation sites (tertiary alicyclic amines) is 1. The molecule has 1 saturated carbocycles. The number of halogens is 1. The predicted octanol–water partition coefficient (Wildman–Crippen LogP) is 2.43. The van der Waals surface area contributed by atoms with E-state index in [2.05, 4.69) is 4.90 Å². The molecule has 0 aromatic heterocycles. The van der Waals surface area contributed by atoms with Gasteiger partial charge in [-0.2, -0.15) is 0 Å². The molecule has 1 aliphatic heterocycles. The summed E-state index contributed by atoms with van der Waals surface area (Å²) >= 11 is 6.08. The molecule has 1 heterocycles. The van der Waals surface area contributed by atoms with Gasteiger partial charge in [0.15, 0.2) is 0 Å². The first kappa shape index (κ1) is 10.7. The van der Waals surface area contributed by atoms with E-state index in [9.17, 15) is 5.11 Å². The van der Waals surface area contributed by atoms with Crippen LogP contribution in [0, 0.1) is 0 Å². The van der Waals surface area contributed by atoms with Crippen molar-refractivity contribution in [3.05, 3.63) is 0 Å². The lowest BCUT2D eigenvalue weighted by molar-refractivity contribution is 0.00975. The van der Waals surface area contributed by atoms with Crippen LogP contribution in [-0.4, -0.2) is 35.5 Å². The fraction of sp³-hybridized carbons (Fsp3) is 1.00. The summed E-state index contributed by atoms with van der Waals surface area (Å²) in [5.41, 5.74) is 0. The highest BCUT2D eigenvalue weighted by Crippen LogP contribution is 2.28. The SMILES string of the molecule is [O]C1CCN(C2CCC(Cl)CC2)CC1. The first-order valence-corrected chi connectivity index (χ1v) is 6.23. The average Bonchev–Trinajstić information content (AvgIpc) is 2.21. The number of nitrogens with zero attached hydrogens (tertiary/aromatic N) is 1. The maximum atomic E-state index is 11.2. The lowest BCUT2D eigenvalue weighted by Crippen LogP contribution is -2.44. The number of piperidine rings is 1. The molecular weight excluding hydrogens is 198 g/mol. The van der Waals surface area contributed by atoms with Gasteiger partial charge in [0.25, 0.3) is 0 Å². The summed E-state index contributed by atoms with van der Waals surface area (Å²) in [4.78, 5) is 2.51. The Labute approximate surface area is 91.2 Å². The Hall–Kier alpha value is 0.210. The number of alkyl halides is 1. The topological polar surface area (TPSA) is 23.1 Å². The van der Waals surface area contributed by atoms with Crippen LogP contribution >= 0.6 is 11.6 Å². The highest BCUT2D eigenvalue weighted by atomic mass is 35.5. The van der Waals surface area contributed by atoms with Crippen LogP contribution in [-0.2, 0) is 5.11 Å². The summed E-state index contributed by atoms with van der Waals surface area (Å²) in [7, 11) is 0. The van der Waals surface area contributed by atoms with Gasteiger partial charge < -0.3 is 4.90 Å². The van der Waals surface area contributed by atoms with Gasteiger partial charge in [0, 0.05) is 24.5 Å². The van der Waals surface area contributed by atoms with Crippen LogP contribution in [0.3, 0.4) is 0 Å². The van der Waals surface area contributed by atoms with Gasteiger partial charge in [-0.05, 0) is 38.5 Å². The molecule has 0 spiro atoms. The van der Waals surface area contributed by atoms with Crippen molar-refractivity contribution in [1.82, 2.24) is 4.90 Å². The predicted molar refractivity (Wildman–Crippen MR) is 57.2 cm³/mol. The molecule has 1 radical (unpaired) electrons. The first-order valence-electron chi connectivity index (χ1n) is 5.79. The minimum absolute atomic E-state index is 0.296. The third-order valence-electron chi connectivity index (χ3n) is 3.62. The molecule has 0 bridgehead atoms. The largest absolute Gasteiger partial charge is 0.300 e. The second-order valence-electron chi connectivity index (χ2n) is 4.64. The molecule has 1 aliphatic carbocycles. The summed E-state index contributed by atoms with van der Waals surface area (Å²) in [5, 5.41) is 11.6. The van der Waals surface area contributed by atoms with Gasteiger partial charge >= 0.3 is 0 Å². The van der Waals surface area contributed by atoms with Crippen LogP contribution in [0.2, 0.25) is 0 Å². The van der Waals surface area contributed by atoms with Crippen molar-refractivity contribution < 1.29 is 5.11 Å². The van der Waals surface area contributed by atoms with Crippen LogP contribution in [0.25, 0.3) is 0 Å². The van der Waals surface area contributed by atoms with Crippen LogP contribution < -0.4 is 0 Å². The Morgan fingerprint density at radius 3 is 2.07 bits per heavy atom. The van der Waals surface area contributed by atoms with Crippen molar-refractivity contribution in [3.8, 4) is 0 Å². The van der Waals surface area contributed by atoms with Gasteiger partial charge in [0.1, 0.15) is 0 Å². The van der Waals surface area contributed by atoms with Gasteiger partial charge in [-0.25, -0.2) is 5.11 Å². The summed E-state index contributed by atoms with van der Waals surface area (Å²) in [6, 6.07) is 0.720. The zero-order valence-corrected chi connectivity index (χ0v) is 9.38. The van der Waals surface area contributed by atoms with Gasteiger partial charge in [-0.1, -0.05) is 0 Å². The van der Waals surface area contributed by atoms with E-state index in [0.29, 0.717) is 5.38 Å². The zero-order chi connectivity index (χ0) is 9.97. The van der Waals surface area contributed by atoms with Crippen LogP contribution in [0.5, 0.6) is 0 Å². The summed E-state index contributed by atoms with van der Waals surface area (Å²) in [5.74, 6) is 0. The van der Waals surface area contributed by atoms with E-state index in [0.717, 1.165) is 44.8 Å². The molecule has 14 heavy (non-hydrogen) atoms. The molecule has 3 heteroatoms. The van der Waals surface area contributed by atoms with Gasteiger partial charge in [-0.3, -0.25) is 0 Å². The van der Waals surface area contributed by atoms with Crippen molar-refractivity contribution >= 4 is 11.6 Å². The Bertz CT molecular complexity index is 152. The van der Waals surface area contributed by atoms with Crippen LogP contribution in [0.4, 0.5) is 0 Å². The number of hydrogen-bond acceptors (Lipinski definition) is 1. The molecule has 2 aliphatic rings. The molecule has 0 aromatic rings. The molecular formula is C11H19ClNO. The van der Waals surface area contributed by atoms with E-state index in [-0.39, 0.29) is 6.10 Å². The van der Waals surface area contributed by atoms with Crippen molar-refractivity contribution in [3.63, 3.8) is 0 Å². The molecule has 2 nitrogen and oxygen atoms in total. The molecule has 2 fully saturated rings. The highest BCUT2D eigenvalue weighted by molar-refractivity contribution is 6.20. The first-order chi connectivity index (χ1) is 6.75. The Morgan fingerprint density at radius 1 is 0.929 bits per heavy atom. The normalized spacial score (nSPS) is 37.3. The Morgan fingerprint density at radius 2 is 1.50 bits per heavy atom. The molecule has 0 amide bonds. The minimum atomic E-state index is -0.296. The van der Waals surface area contributed by atoms with Crippen LogP contribution in [0.1, 0.15) is 38.5 Å². The van der Waals surface area contributed by atoms with Crippen molar-refractivity contribution in [2.24, 2.45) is 0 Å². The molecule has 2 rings (SSSR count). The zero-order valence-electron chi connectivity index (χ0n) is 8.62. The fourth-order valence-electron chi connectivity index (χ4n) is 2.64. The Kier molecular flexibility index (Phi) is 3.69. The summed E-state index contributed by atoms with van der Waals surface area (Å²) in [6.07, 6.45) is 6.18. The van der Waals surface area contributed by atoms with Crippen LogP contribution in [0.15, 0.2) is 0 Å². The molecule has 81 valence electrons. The quantitative estimate of drug-likeness (QED) is 0.618. The molecule has 0 unspecified atom stereocenters. The van der Waals surface area contributed by atoms with E-state index in [1.54, 1.807) is 0 Å². The standard InChI is InChI=1S/C11H19ClNO/c12-9-1-3-10(4-2-9)13-7-5-11(14)6-8-13/h9-11H,1-8H2. The lowest BCUT2D eigenvalue weighted by atomic mass is 9.92. The number of hydrogen-bond donors (Lipinski definition) is 0.